The highest BCUT2D eigenvalue weighted by Crippen LogP contribution is 2.24. The second kappa shape index (κ2) is 8.07. The lowest BCUT2D eigenvalue weighted by Gasteiger charge is -2.19. The minimum atomic E-state index is -0.418. The van der Waals surface area contributed by atoms with Crippen molar-refractivity contribution in [3.63, 3.8) is 0 Å². The van der Waals surface area contributed by atoms with Crippen LogP contribution in [0.2, 0.25) is 0 Å². The van der Waals surface area contributed by atoms with E-state index in [1.165, 1.54) is 5.56 Å². The molecule has 0 fully saturated rings. The highest BCUT2D eigenvalue weighted by molar-refractivity contribution is 7.23. The van der Waals surface area contributed by atoms with E-state index in [2.05, 4.69) is 69.3 Å². The maximum Gasteiger partial charge on any atom is 0.366 e. The minimum absolute atomic E-state index is 0.132. The predicted octanol–water partition coefficient (Wildman–Crippen LogP) is 3.30. The van der Waals surface area contributed by atoms with E-state index < -0.39 is 5.63 Å². The fourth-order valence-electron chi connectivity index (χ4n) is 2.49. The van der Waals surface area contributed by atoms with Crippen LogP contribution in [0.1, 0.15) is 37.5 Å². The van der Waals surface area contributed by atoms with Crippen molar-refractivity contribution in [1.29, 1.82) is 0 Å². The van der Waals surface area contributed by atoms with E-state index in [0.717, 1.165) is 21.8 Å². The third-order valence-electron chi connectivity index (χ3n) is 3.93. The van der Waals surface area contributed by atoms with E-state index in [1.807, 2.05) is 12.1 Å². The standard InChI is InChI=1S/C19H18NO2P.CH3NO/c1-19(2,3)15-7-4-12(5-8-15)17(23)13-6-9-16-14(10-13)11-20-22-18(16)21;2-1-3/h4-11,23H,1-3H3;1H,(H2,2,3). The third-order valence-corrected chi connectivity index (χ3v) is 4.50. The molecule has 5 nitrogen and oxygen atoms in total. The summed E-state index contributed by atoms with van der Waals surface area (Å²) in [4.78, 5) is 20.2. The van der Waals surface area contributed by atoms with Gasteiger partial charge in [-0.2, -0.15) is 0 Å². The summed E-state index contributed by atoms with van der Waals surface area (Å²) in [6.07, 6.45) is 1.81. The quantitative estimate of drug-likeness (QED) is 0.555. The summed E-state index contributed by atoms with van der Waals surface area (Å²) < 4.78 is 4.65. The Hall–Kier alpha value is -2.78. The van der Waals surface area contributed by atoms with Gasteiger partial charge in [0.25, 0.3) is 0 Å². The summed E-state index contributed by atoms with van der Waals surface area (Å²) in [5.41, 5.74) is 7.25. The number of primary amides is 1. The molecule has 0 saturated heterocycles. The molecule has 0 aliphatic carbocycles. The van der Waals surface area contributed by atoms with E-state index in [-0.39, 0.29) is 11.8 Å². The fraction of sp³-hybridized carbons (Fsp3) is 0.200. The number of hydrogen-bond acceptors (Lipinski definition) is 4. The predicted molar refractivity (Wildman–Crippen MR) is 107 cm³/mol. The smallest absolute Gasteiger partial charge is 0.366 e. The van der Waals surface area contributed by atoms with E-state index in [9.17, 15) is 4.79 Å². The number of fused-ring (bicyclic) bond motifs is 1. The lowest BCUT2D eigenvalue weighted by molar-refractivity contribution is -0.106. The zero-order valence-electron chi connectivity index (χ0n) is 14.9. The molecule has 134 valence electrons. The molecule has 6 heteroatoms. The molecule has 1 heterocycles. The lowest BCUT2D eigenvalue weighted by atomic mass is 9.86. The second-order valence-electron chi connectivity index (χ2n) is 6.75. The molecule has 26 heavy (non-hydrogen) atoms. The number of hydrogen-bond donors (Lipinski definition) is 1. The Morgan fingerprint density at radius 3 is 2.27 bits per heavy atom. The highest BCUT2D eigenvalue weighted by atomic mass is 31.0. The molecule has 3 rings (SSSR count). The van der Waals surface area contributed by atoms with Crippen LogP contribution in [0.15, 0.2) is 58.0 Å². The van der Waals surface area contributed by atoms with Crippen LogP contribution in [0, 0.1) is 0 Å². The maximum absolute atomic E-state index is 11.6. The summed E-state index contributed by atoms with van der Waals surface area (Å²) in [5.74, 6) is 0. The van der Waals surface area contributed by atoms with Crippen molar-refractivity contribution in [2.24, 2.45) is 5.73 Å². The first-order chi connectivity index (χ1) is 12.3. The van der Waals surface area contributed by atoms with Crippen LogP contribution in [0.4, 0.5) is 0 Å². The number of carbonyl (C=O) groups is 1. The molecule has 0 aliphatic rings. The van der Waals surface area contributed by atoms with Gasteiger partial charge in [-0.3, -0.25) is 4.79 Å². The first kappa shape index (κ1) is 19.5. The average molecular weight is 368 g/mol. The van der Waals surface area contributed by atoms with Crippen molar-refractivity contribution < 1.29 is 9.32 Å². The van der Waals surface area contributed by atoms with Gasteiger partial charge >= 0.3 is 5.63 Å². The Morgan fingerprint density at radius 1 is 1.12 bits per heavy atom. The van der Waals surface area contributed by atoms with Crippen molar-refractivity contribution in [1.82, 2.24) is 5.16 Å². The van der Waals surface area contributed by atoms with Crippen LogP contribution < -0.4 is 11.4 Å². The molecule has 1 amide bonds. The minimum Gasteiger partial charge on any atom is -0.372 e. The molecule has 0 radical (unpaired) electrons. The Bertz CT molecular complexity index is 986. The number of benzene rings is 2. The van der Waals surface area contributed by atoms with Crippen LogP contribution in [-0.2, 0) is 10.2 Å². The molecule has 0 aliphatic heterocycles. The molecule has 0 unspecified atom stereocenters. The largest absolute Gasteiger partial charge is 0.372 e. The van der Waals surface area contributed by atoms with Gasteiger partial charge in [-0.1, -0.05) is 56.3 Å². The van der Waals surface area contributed by atoms with Crippen LogP contribution in [0.3, 0.4) is 0 Å². The van der Waals surface area contributed by atoms with Gasteiger partial charge in [0.2, 0.25) is 6.41 Å². The van der Waals surface area contributed by atoms with Gasteiger partial charge in [0.1, 0.15) is 0 Å². The van der Waals surface area contributed by atoms with Gasteiger partial charge in [-0.05, 0) is 34.2 Å². The van der Waals surface area contributed by atoms with Crippen LogP contribution >= 0.6 is 8.86 Å². The highest BCUT2D eigenvalue weighted by Gasteiger charge is 2.14. The molecule has 3 aromatic rings. The average Bonchev–Trinajstić information content (AvgIpc) is 2.61. The van der Waals surface area contributed by atoms with Gasteiger partial charge in [-0.25, -0.2) is 4.79 Å². The first-order valence-corrected chi connectivity index (χ1v) is 8.52. The Kier molecular flexibility index (Phi) is 6.06. The van der Waals surface area contributed by atoms with Crippen LogP contribution in [-0.4, -0.2) is 16.9 Å². The SMILES string of the molecule is CC(C)(C)c1ccc(C(=P)c2ccc3c(=O)oncc3c2)cc1.NC=O. The molecule has 0 spiro atoms. The Labute approximate surface area is 154 Å². The second-order valence-corrected chi connectivity index (χ2v) is 7.25. The number of aromatic nitrogens is 1. The van der Waals surface area contributed by atoms with Crippen molar-refractivity contribution in [2.45, 2.75) is 26.2 Å². The topological polar surface area (TPSA) is 86.2 Å². The molecule has 1 aromatic heterocycles. The Balaban J connectivity index is 0.000000758. The van der Waals surface area contributed by atoms with Crippen LogP contribution in [0.25, 0.3) is 10.8 Å². The maximum atomic E-state index is 11.6. The van der Waals surface area contributed by atoms with Crippen molar-refractivity contribution in [2.75, 3.05) is 0 Å². The molecule has 0 saturated carbocycles. The Morgan fingerprint density at radius 2 is 1.69 bits per heavy atom. The first-order valence-electron chi connectivity index (χ1n) is 8.02. The van der Waals surface area contributed by atoms with Crippen molar-refractivity contribution in [3.05, 3.63) is 75.8 Å². The summed E-state index contributed by atoms with van der Waals surface area (Å²) in [5, 5.41) is 5.88. The van der Waals surface area contributed by atoms with Gasteiger partial charge in [0.05, 0.1) is 11.6 Å². The van der Waals surface area contributed by atoms with Gasteiger partial charge in [0, 0.05) is 10.7 Å². The van der Waals surface area contributed by atoms with Crippen molar-refractivity contribution >= 4 is 31.3 Å². The number of rotatable bonds is 2. The molecular weight excluding hydrogens is 347 g/mol. The van der Waals surface area contributed by atoms with E-state index in [0.29, 0.717) is 5.39 Å². The monoisotopic (exact) mass is 368 g/mol. The van der Waals surface area contributed by atoms with Gasteiger partial charge in [0.15, 0.2) is 0 Å². The van der Waals surface area contributed by atoms with Gasteiger partial charge < -0.3 is 10.3 Å². The molecule has 2 aromatic carbocycles. The van der Waals surface area contributed by atoms with E-state index in [1.54, 1.807) is 12.3 Å². The summed E-state index contributed by atoms with van der Waals surface area (Å²) in [6.45, 7) is 6.59. The van der Waals surface area contributed by atoms with E-state index in [4.69, 9.17) is 4.79 Å². The molecule has 0 atom stereocenters. The molecular formula is C20H21N2O3P. The lowest BCUT2D eigenvalue weighted by Crippen LogP contribution is -2.11. The zero-order chi connectivity index (χ0) is 19.3. The number of nitrogens with zero attached hydrogens (tertiary/aromatic N) is 1. The number of carbonyl (C=O) groups excluding carboxylic acids is 1. The molecule has 2 N–H and O–H groups in total. The number of amides is 1. The van der Waals surface area contributed by atoms with Crippen LogP contribution in [0.5, 0.6) is 0 Å². The normalized spacial score (nSPS) is 10.7. The summed E-state index contributed by atoms with van der Waals surface area (Å²) >= 11 is 0. The number of nitrogens with two attached hydrogens (primary N) is 1. The van der Waals surface area contributed by atoms with Gasteiger partial charge in [-0.15, -0.1) is 8.86 Å². The molecule has 0 bridgehead atoms. The zero-order valence-corrected chi connectivity index (χ0v) is 15.9. The van der Waals surface area contributed by atoms with E-state index >= 15 is 0 Å². The fourth-order valence-corrected chi connectivity index (χ4v) is 2.82. The van der Waals surface area contributed by atoms with Crippen molar-refractivity contribution in [3.8, 4) is 0 Å². The summed E-state index contributed by atoms with van der Waals surface area (Å²) in [7, 11) is 3.73. The third kappa shape index (κ3) is 4.44. The summed E-state index contributed by atoms with van der Waals surface area (Å²) in [6, 6.07) is 14.1.